The minimum atomic E-state index is -0.0602. The molecule has 5 nitrogen and oxygen atoms in total. The van der Waals surface area contributed by atoms with Crippen LogP contribution in [0, 0.1) is 0 Å². The second-order valence-corrected chi connectivity index (χ2v) is 3.77. The van der Waals surface area contributed by atoms with Gasteiger partial charge in [0, 0.05) is 6.54 Å². The van der Waals surface area contributed by atoms with Crippen molar-refractivity contribution < 1.29 is 4.79 Å². The first-order valence-electron chi connectivity index (χ1n) is 5.72. The highest BCUT2D eigenvalue weighted by Gasteiger charge is 2.13. The van der Waals surface area contributed by atoms with Crippen LogP contribution in [0.4, 0.5) is 4.79 Å². The number of carbonyl (C=O) groups is 1. The van der Waals surface area contributed by atoms with Crippen LogP contribution in [-0.2, 0) is 0 Å². The lowest BCUT2D eigenvalue weighted by atomic mass is 10.3. The number of nitrogens with zero attached hydrogens (tertiary/aromatic N) is 2. The van der Waals surface area contributed by atoms with E-state index >= 15 is 0 Å². The van der Waals surface area contributed by atoms with Crippen molar-refractivity contribution in [1.82, 2.24) is 20.4 Å². The Morgan fingerprint density at radius 1 is 1.27 bits per heavy atom. The van der Waals surface area contributed by atoms with E-state index in [0.29, 0.717) is 13.3 Å². The molecule has 1 rings (SSSR count). The van der Waals surface area contributed by atoms with Crippen LogP contribution in [0.2, 0.25) is 0 Å². The molecule has 1 saturated heterocycles. The summed E-state index contributed by atoms with van der Waals surface area (Å²) >= 11 is 0. The zero-order chi connectivity index (χ0) is 11.1. The van der Waals surface area contributed by atoms with E-state index in [-0.39, 0.29) is 6.03 Å². The number of hydrogen-bond acceptors (Lipinski definition) is 3. The van der Waals surface area contributed by atoms with Crippen LogP contribution in [0.5, 0.6) is 0 Å². The molecule has 0 aliphatic carbocycles. The third-order valence-corrected chi connectivity index (χ3v) is 2.77. The third kappa shape index (κ3) is 4.48. The smallest absolute Gasteiger partial charge is 0.316 e. The molecule has 0 spiro atoms. The van der Waals surface area contributed by atoms with E-state index in [4.69, 9.17) is 0 Å². The van der Waals surface area contributed by atoms with E-state index in [0.717, 1.165) is 32.6 Å². The maximum absolute atomic E-state index is 10.8. The van der Waals surface area contributed by atoms with Crippen LogP contribution in [0.3, 0.4) is 0 Å². The number of urea groups is 1. The van der Waals surface area contributed by atoms with Crippen molar-refractivity contribution in [3.63, 3.8) is 0 Å². The Bertz CT molecular complexity index is 184. The molecule has 0 unspecified atom stereocenters. The zero-order valence-electron chi connectivity index (χ0n) is 9.75. The molecule has 1 fully saturated rings. The van der Waals surface area contributed by atoms with Crippen molar-refractivity contribution in [2.75, 3.05) is 39.5 Å². The predicted octanol–water partition coefficient (Wildman–Crippen LogP) is 0.248. The Kier molecular flexibility index (Phi) is 5.42. The fraction of sp³-hybridized carbons (Fsp3) is 0.900. The van der Waals surface area contributed by atoms with Crippen molar-refractivity contribution in [2.45, 2.75) is 20.3 Å². The molecule has 15 heavy (non-hydrogen) atoms. The number of hydrogen-bond donors (Lipinski definition) is 2. The first-order valence-corrected chi connectivity index (χ1v) is 5.72. The maximum atomic E-state index is 10.8. The zero-order valence-corrected chi connectivity index (χ0v) is 9.75. The Morgan fingerprint density at radius 3 is 2.40 bits per heavy atom. The summed E-state index contributed by atoms with van der Waals surface area (Å²) in [4.78, 5) is 15.4. The predicted molar refractivity (Wildman–Crippen MR) is 60.5 cm³/mol. The van der Waals surface area contributed by atoms with Gasteiger partial charge in [-0.15, -0.1) is 0 Å². The normalized spacial score (nSPS) is 17.7. The van der Waals surface area contributed by atoms with Crippen molar-refractivity contribution >= 4 is 6.03 Å². The Labute approximate surface area is 91.8 Å². The average Bonchev–Trinajstić information content (AvgIpc) is 2.27. The molecule has 0 aromatic carbocycles. The van der Waals surface area contributed by atoms with E-state index in [1.54, 1.807) is 0 Å². The van der Waals surface area contributed by atoms with Crippen molar-refractivity contribution in [1.29, 1.82) is 0 Å². The van der Waals surface area contributed by atoms with Crippen molar-refractivity contribution in [3.8, 4) is 0 Å². The minimum Gasteiger partial charge on any atom is -0.325 e. The molecular weight excluding hydrogens is 192 g/mol. The summed E-state index contributed by atoms with van der Waals surface area (Å²) in [6.45, 7) is 10.1. The van der Waals surface area contributed by atoms with Crippen LogP contribution in [0.15, 0.2) is 0 Å². The molecular formula is C10H22N4O. The van der Waals surface area contributed by atoms with E-state index < -0.39 is 0 Å². The van der Waals surface area contributed by atoms with Gasteiger partial charge in [0.15, 0.2) is 0 Å². The number of amides is 2. The Balaban J connectivity index is 2.07. The van der Waals surface area contributed by atoms with Gasteiger partial charge in [0.05, 0.1) is 13.3 Å². The monoisotopic (exact) mass is 214 g/mol. The molecule has 0 saturated carbocycles. The van der Waals surface area contributed by atoms with E-state index in [9.17, 15) is 4.79 Å². The van der Waals surface area contributed by atoms with Gasteiger partial charge >= 0.3 is 6.03 Å². The number of rotatable bonds is 6. The van der Waals surface area contributed by atoms with Crippen LogP contribution >= 0.6 is 0 Å². The second kappa shape index (κ2) is 6.63. The second-order valence-electron chi connectivity index (χ2n) is 3.77. The molecule has 1 aliphatic rings. The minimum absolute atomic E-state index is 0.0602. The number of carbonyl (C=O) groups excluding carboxylic acids is 1. The maximum Gasteiger partial charge on any atom is 0.316 e. The fourth-order valence-electron chi connectivity index (χ4n) is 1.70. The largest absolute Gasteiger partial charge is 0.325 e. The van der Waals surface area contributed by atoms with Gasteiger partial charge in [0.2, 0.25) is 0 Å². The van der Waals surface area contributed by atoms with Gasteiger partial charge in [0.25, 0.3) is 0 Å². The lowest BCUT2D eigenvalue weighted by Crippen LogP contribution is -2.54. The third-order valence-electron chi connectivity index (χ3n) is 2.77. The van der Waals surface area contributed by atoms with Gasteiger partial charge in [-0.3, -0.25) is 4.90 Å². The van der Waals surface area contributed by atoms with Gasteiger partial charge in [-0.2, -0.15) is 0 Å². The van der Waals surface area contributed by atoms with Crippen molar-refractivity contribution in [2.24, 2.45) is 0 Å². The molecule has 0 atom stereocenters. The fourth-order valence-corrected chi connectivity index (χ4v) is 1.70. The van der Waals surface area contributed by atoms with Gasteiger partial charge < -0.3 is 15.5 Å². The summed E-state index contributed by atoms with van der Waals surface area (Å²) in [5, 5.41) is 5.52. The molecule has 0 radical (unpaired) electrons. The molecule has 5 heteroatoms. The summed E-state index contributed by atoms with van der Waals surface area (Å²) in [6, 6.07) is -0.0602. The topological polar surface area (TPSA) is 47.6 Å². The summed E-state index contributed by atoms with van der Waals surface area (Å²) in [7, 11) is 0. The van der Waals surface area contributed by atoms with Crippen LogP contribution in [-0.4, -0.2) is 55.3 Å². The quantitative estimate of drug-likeness (QED) is 0.666. The summed E-state index contributed by atoms with van der Waals surface area (Å²) in [5.41, 5.74) is 0. The Morgan fingerprint density at radius 2 is 1.87 bits per heavy atom. The van der Waals surface area contributed by atoms with E-state index in [1.165, 1.54) is 0 Å². The summed E-state index contributed by atoms with van der Waals surface area (Å²) in [5.74, 6) is 0. The molecule has 88 valence electrons. The van der Waals surface area contributed by atoms with Gasteiger partial charge in [-0.25, -0.2) is 4.79 Å². The van der Waals surface area contributed by atoms with Crippen LogP contribution < -0.4 is 10.6 Å². The SMILES string of the molecule is CCN(CC)CCCN1CNC(=O)NC1. The molecule has 1 heterocycles. The van der Waals surface area contributed by atoms with Gasteiger partial charge in [0.1, 0.15) is 0 Å². The highest BCUT2D eigenvalue weighted by atomic mass is 16.2. The van der Waals surface area contributed by atoms with Gasteiger partial charge in [-0.1, -0.05) is 13.8 Å². The first kappa shape index (κ1) is 12.3. The highest BCUT2D eigenvalue weighted by molar-refractivity contribution is 5.74. The van der Waals surface area contributed by atoms with E-state index in [1.807, 2.05) is 0 Å². The average molecular weight is 214 g/mol. The summed E-state index contributed by atoms with van der Waals surface area (Å²) < 4.78 is 0. The molecule has 0 bridgehead atoms. The Hall–Kier alpha value is -0.810. The lowest BCUT2D eigenvalue weighted by molar-refractivity contribution is 0.175. The molecule has 2 N–H and O–H groups in total. The van der Waals surface area contributed by atoms with E-state index in [2.05, 4.69) is 34.3 Å². The molecule has 1 aliphatic heterocycles. The highest BCUT2D eigenvalue weighted by Crippen LogP contribution is 1.95. The number of nitrogens with one attached hydrogen (secondary N) is 2. The lowest BCUT2D eigenvalue weighted by Gasteiger charge is -2.28. The molecule has 0 aromatic heterocycles. The summed E-state index contributed by atoms with van der Waals surface area (Å²) in [6.07, 6.45) is 1.15. The van der Waals surface area contributed by atoms with Gasteiger partial charge in [-0.05, 0) is 26.1 Å². The van der Waals surface area contributed by atoms with Crippen molar-refractivity contribution in [3.05, 3.63) is 0 Å². The van der Waals surface area contributed by atoms with Crippen LogP contribution in [0.25, 0.3) is 0 Å². The van der Waals surface area contributed by atoms with Crippen LogP contribution in [0.1, 0.15) is 20.3 Å². The standard InChI is InChI=1S/C10H22N4O/c1-3-13(4-2)6-5-7-14-8-11-10(15)12-9-14/h3-9H2,1-2H3,(H2,11,12,15). The molecule has 2 amide bonds. The molecule has 0 aromatic rings. The first-order chi connectivity index (χ1) is 7.26.